The zero-order valence-electron chi connectivity index (χ0n) is 8.12. The van der Waals surface area contributed by atoms with E-state index in [2.05, 4.69) is 15.6 Å². The van der Waals surface area contributed by atoms with E-state index in [0.29, 0.717) is 12.6 Å². The molecule has 0 radical (unpaired) electrons. The predicted molar refractivity (Wildman–Crippen MR) is 50.6 cm³/mol. The van der Waals surface area contributed by atoms with Gasteiger partial charge in [0.2, 0.25) is 0 Å². The summed E-state index contributed by atoms with van der Waals surface area (Å²) in [5, 5.41) is 11.1. The molecule has 5 heteroatoms. The van der Waals surface area contributed by atoms with Crippen LogP contribution in [0.4, 0.5) is 4.39 Å². The van der Waals surface area contributed by atoms with Crippen molar-refractivity contribution in [1.29, 1.82) is 0 Å². The quantitative estimate of drug-likeness (QED) is 0.789. The highest BCUT2D eigenvalue weighted by molar-refractivity contribution is 5.03. The van der Waals surface area contributed by atoms with Crippen molar-refractivity contribution in [3.63, 3.8) is 0 Å². The third kappa shape index (κ3) is 1.92. The van der Waals surface area contributed by atoms with Crippen molar-refractivity contribution in [1.82, 2.24) is 20.3 Å². The summed E-state index contributed by atoms with van der Waals surface area (Å²) < 4.78 is 13.9. The predicted octanol–water partition coefficient (Wildman–Crippen LogP) is 1.06. The van der Waals surface area contributed by atoms with E-state index in [0.717, 1.165) is 18.7 Å². The minimum atomic E-state index is -0.386. The van der Waals surface area contributed by atoms with E-state index in [1.165, 1.54) is 12.8 Å². The smallest absolute Gasteiger partial charge is 0.109 e. The monoisotopic (exact) mass is 198 g/mol. The largest absolute Gasteiger partial charge is 0.309 e. The molecule has 1 aromatic rings. The molecule has 1 aromatic heterocycles. The number of hydrogen-bond donors (Lipinski definition) is 1. The normalized spacial score (nSPS) is 22.5. The number of aryl methyl sites for hydroxylation is 1. The third-order valence-corrected chi connectivity index (χ3v) is 2.61. The van der Waals surface area contributed by atoms with Gasteiger partial charge in [0.05, 0.1) is 24.5 Å². The first kappa shape index (κ1) is 9.58. The number of aromatic nitrogens is 3. The molecule has 0 saturated carbocycles. The first-order valence-electron chi connectivity index (χ1n) is 5.09. The highest BCUT2D eigenvalue weighted by atomic mass is 19.1. The zero-order valence-corrected chi connectivity index (χ0v) is 8.12. The van der Waals surface area contributed by atoms with Gasteiger partial charge in [-0.2, -0.15) is 0 Å². The summed E-state index contributed by atoms with van der Waals surface area (Å²) in [6.07, 6.45) is 5.28. The lowest BCUT2D eigenvalue weighted by Crippen LogP contribution is -2.29. The molecule has 0 bridgehead atoms. The second kappa shape index (κ2) is 4.50. The zero-order chi connectivity index (χ0) is 9.80. The minimum absolute atomic E-state index is 0.310. The van der Waals surface area contributed by atoms with Crippen LogP contribution >= 0.6 is 0 Å². The van der Waals surface area contributed by atoms with Crippen molar-refractivity contribution in [2.75, 3.05) is 13.2 Å². The van der Waals surface area contributed by atoms with Gasteiger partial charge in [0.25, 0.3) is 0 Å². The van der Waals surface area contributed by atoms with Crippen molar-refractivity contribution in [3.05, 3.63) is 11.9 Å². The Morgan fingerprint density at radius 1 is 1.57 bits per heavy atom. The van der Waals surface area contributed by atoms with E-state index in [1.54, 1.807) is 10.9 Å². The molecular formula is C9H15FN4. The van der Waals surface area contributed by atoms with Gasteiger partial charge in [-0.05, 0) is 19.4 Å². The summed E-state index contributed by atoms with van der Waals surface area (Å²) in [7, 11) is 0. The Hall–Kier alpha value is -0.970. The summed E-state index contributed by atoms with van der Waals surface area (Å²) in [4.78, 5) is 0. The molecule has 4 nitrogen and oxygen atoms in total. The molecule has 2 heterocycles. The second-order valence-electron chi connectivity index (χ2n) is 3.57. The maximum Gasteiger partial charge on any atom is 0.109 e. The number of piperidine rings is 1. The molecule has 0 aliphatic carbocycles. The highest BCUT2D eigenvalue weighted by Crippen LogP contribution is 2.21. The lowest BCUT2D eigenvalue weighted by atomic mass is 10.0. The first-order chi connectivity index (χ1) is 6.92. The van der Waals surface area contributed by atoms with Crippen LogP contribution in [0.3, 0.4) is 0 Å². The molecule has 1 aliphatic rings. The molecule has 0 aromatic carbocycles. The molecule has 0 amide bonds. The van der Waals surface area contributed by atoms with Crippen molar-refractivity contribution in [2.45, 2.75) is 31.8 Å². The lowest BCUT2D eigenvalue weighted by molar-refractivity contribution is 0.365. The Bertz CT molecular complexity index is 280. The fourth-order valence-corrected chi connectivity index (χ4v) is 1.89. The van der Waals surface area contributed by atoms with Crippen LogP contribution in [0.5, 0.6) is 0 Å². The van der Waals surface area contributed by atoms with Crippen LogP contribution in [0.1, 0.15) is 31.0 Å². The van der Waals surface area contributed by atoms with E-state index < -0.39 is 0 Å². The second-order valence-corrected chi connectivity index (χ2v) is 3.57. The highest BCUT2D eigenvalue weighted by Gasteiger charge is 2.18. The number of halogens is 1. The molecular weight excluding hydrogens is 183 g/mol. The topological polar surface area (TPSA) is 42.7 Å². The van der Waals surface area contributed by atoms with Crippen molar-refractivity contribution < 1.29 is 4.39 Å². The summed E-state index contributed by atoms with van der Waals surface area (Å²) in [5.74, 6) is 0. The van der Waals surface area contributed by atoms with Gasteiger partial charge in [-0.25, -0.2) is 9.07 Å². The van der Waals surface area contributed by atoms with Gasteiger partial charge >= 0.3 is 0 Å². The molecule has 1 aliphatic heterocycles. The summed E-state index contributed by atoms with van der Waals surface area (Å²) >= 11 is 0. The van der Waals surface area contributed by atoms with Crippen LogP contribution in [-0.2, 0) is 6.54 Å². The Kier molecular flexibility index (Phi) is 3.08. The number of alkyl halides is 1. The van der Waals surface area contributed by atoms with E-state index in [-0.39, 0.29) is 6.67 Å². The Morgan fingerprint density at radius 3 is 3.21 bits per heavy atom. The third-order valence-electron chi connectivity index (χ3n) is 2.61. The van der Waals surface area contributed by atoms with Gasteiger partial charge in [0.1, 0.15) is 6.67 Å². The maximum absolute atomic E-state index is 12.2. The molecule has 1 atom stereocenters. The van der Waals surface area contributed by atoms with Crippen LogP contribution < -0.4 is 5.32 Å². The SMILES string of the molecule is FCCn1nncc1C1CCCCN1. The summed E-state index contributed by atoms with van der Waals surface area (Å²) in [6, 6.07) is 0.310. The fourth-order valence-electron chi connectivity index (χ4n) is 1.89. The molecule has 1 N–H and O–H groups in total. The summed E-state index contributed by atoms with van der Waals surface area (Å²) in [5.41, 5.74) is 1.02. The van der Waals surface area contributed by atoms with Crippen LogP contribution in [-0.4, -0.2) is 28.2 Å². The van der Waals surface area contributed by atoms with E-state index in [1.807, 2.05) is 0 Å². The molecule has 1 unspecified atom stereocenters. The molecule has 0 spiro atoms. The Morgan fingerprint density at radius 2 is 2.50 bits per heavy atom. The molecule has 78 valence electrons. The van der Waals surface area contributed by atoms with Gasteiger partial charge in [-0.15, -0.1) is 5.10 Å². The molecule has 1 saturated heterocycles. The molecule has 14 heavy (non-hydrogen) atoms. The van der Waals surface area contributed by atoms with Gasteiger partial charge in [-0.3, -0.25) is 0 Å². The average molecular weight is 198 g/mol. The molecule has 2 rings (SSSR count). The van der Waals surface area contributed by atoms with Crippen molar-refractivity contribution >= 4 is 0 Å². The number of nitrogens with one attached hydrogen (secondary N) is 1. The van der Waals surface area contributed by atoms with Crippen molar-refractivity contribution in [3.8, 4) is 0 Å². The Balaban J connectivity index is 2.09. The maximum atomic E-state index is 12.2. The average Bonchev–Trinajstić information content (AvgIpc) is 2.68. The van der Waals surface area contributed by atoms with Crippen molar-refractivity contribution in [2.24, 2.45) is 0 Å². The number of hydrogen-bond acceptors (Lipinski definition) is 3. The van der Waals surface area contributed by atoms with E-state index in [9.17, 15) is 4.39 Å². The van der Waals surface area contributed by atoms with E-state index >= 15 is 0 Å². The summed E-state index contributed by atoms with van der Waals surface area (Å²) in [6.45, 7) is 0.960. The minimum Gasteiger partial charge on any atom is -0.309 e. The Labute approximate surface area is 82.5 Å². The van der Waals surface area contributed by atoms with Crippen LogP contribution in [0.15, 0.2) is 6.20 Å². The fraction of sp³-hybridized carbons (Fsp3) is 0.778. The van der Waals surface area contributed by atoms with Crippen LogP contribution in [0.25, 0.3) is 0 Å². The van der Waals surface area contributed by atoms with Gasteiger partial charge < -0.3 is 5.32 Å². The lowest BCUT2D eigenvalue weighted by Gasteiger charge is -2.23. The first-order valence-corrected chi connectivity index (χ1v) is 5.09. The standard InChI is InChI=1S/C9H15FN4/c10-4-6-14-9(7-12-13-14)8-3-1-2-5-11-8/h7-8,11H,1-6H2. The number of rotatable bonds is 3. The van der Waals surface area contributed by atoms with Crippen LogP contribution in [0.2, 0.25) is 0 Å². The van der Waals surface area contributed by atoms with Gasteiger partial charge in [0.15, 0.2) is 0 Å². The molecule has 1 fully saturated rings. The van der Waals surface area contributed by atoms with E-state index in [4.69, 9.17) is 0 Å². The van der Waals surface area contributed by atoms with Crippen LogP contribution in [0, 0.1) is 0 Å². The van der Waals surface area contributed by atoms with Gasteiger partial charge in [-0.1, -0.05) is 11.6 Å². The number of nitrogens with zero attached hydrogens (tertiary/aromatic N) is 3. The van der Waals surface area contributed by atoms with Gasteiger partial charge in [0, 0.05) is 0 Å².